The molecule has 0 N–H and O–H groups in total. The topological polar surface area (TPSA) is 54.3 Å². The Morgan fingerprint density at radius 3 is 2.70 bits per heavy atom. The minimum Gasteiger partial charge on any atom is -0.497 e. The van der Waals surface area contributed by atoms with Gasteiger partial charge in [0.15, 0.2) is 0 Å². The molecule has 0 saturated heterocycles. The number of aliphatic imine (C=N–C) groups is 1. The normalized spacial score (nSPS) is 17.7. The minimum atomic E-state index is -0.443. The molecule has 1 amide bonds. The number of methoxy groups -OCH3 is 1. The van der Waals surface area contributed by atoms with E-state index in [1.165, 1.54) is 5.01 Å². The van der Waals surface area contributed by atoms with E-state index < -0.39 is 5.92 Å². The average molecular weight is 307 g/mol. The van der Waals surface area contributed by atoms with Crippen LogP contribution in [0.1, 0.15) is 6.92 Å². The monoisotopic (exact) mass is 307 g/mol. The molecule has 0 spiro atoms. The molecule has 0 radical (unpaired) electrons. The van der Waals surface area contributed by atoms with Crippen LogP contribution in [0.25, 0.3) is 0 Å². The summed E-state index contributed by atoms with van der Waals surface area (Å²) in [6, 6.07) is 16.8. The van der Waals surface area contributed by atoms with Crippen molar-refractivity contribution in [1.82, 2.24) is 0 Å². The van der Waals surface area contributed by atoms with Crippen LogP contribution in [0, 0.1) is 5.92 Å². The Kier molecular flexibility index (Phi) is 4.19. The van der Waals surface area contributed by atoms with E-state index in [2.05, 4.69) is 10.1 Å². The first kappa shape index (κ1) is 15.0. The van der Waals surface area contributed by atoms with Gasteiger partial charge in [0.25, 0.3) is 5.91 Å². The van der Waals surface area contributed by atoms with Crippen molar-refractivity contribution in [3.05, 3.63) is 54.6 Å². The molecular weight excluding hydrogens is 290 g/mol. The van der Waals surface area contributed by atoms with E-state index in [0.29, 0.717) is 0 Å². The highest BCUT2D eigenvalue weighted by atomic mass is 16.5. The second-order valence-corrected chi connectivity index (χ2v) is 5.18. The van der Waals surface area contributed by atoms with Crippen molar-refractivity contribution in [3.8, 4) is 5.75 Å². The maximum Gasteiger partial charge on any atom is 0.261 e. The van der Waals surface area contributed by atoms with E-state index in [9.17, 15) is 4.79 Å². The van der Waals surface area contributed by atoms with Crippen LogP contribution in [0.15, 0.2) is 64.7 Å². The summed E-state index contributed by atoms with van der Waals surface area (Å²) in [5, 5.41) is 5.78. The van der Waals surface area contributed by atoms with Gasteiger partial charge in [0.05, 0.1) is 24.2 Å². The standard InChI is InChI=1S/C18H17N3O2/c1-13-17(12-19-14-7-6-10-16(11-14)23-2)18(22)21(20-13)15-8-4-3-5-9-15/h3-12,17H,1-2H3/t17-/m1/s1. The smallest absolute Gasteiger partial charge is 0.261 e. The third-order valence-electron chi connectivity index (χ3n) is 3.61. The summed E-state index contributed by atoms with van der Waals surface area (Å²) in [5.41, 5.74) is 2.22. The Labute approximate surface area is 134 Å². The highest BCUT2D eigenvalue weighted by molar-refractivity contribution is 6.23. The van der Waals surface area contributed by atoms with Gasteiger partial charge < -0.3 is 4.74 Å². The number of anilines is 1. The lowest BCUT2D eigenvalue weighted by atomic mass is 10.1. The molecule has 3 rings (SSSR count). The zero-order valence-corrected chi connectivity index (χ0v) is 13.0. The van der Waals surface area contributed by atoms with Gasteiger partial charge in [-0.25, -0.2) is 0 Å². The Morgan fingerprint density at radius 2 is 1.96 bits per heavy atom. The second-order valence-electron chi connectivity index (χ2n) is 5.18. The Balaban J connectivity index is 1.80. The SMILES string of the molecule is COc1cccc(N=C[C@H]2C(=O)N(c3ccccc3)N=C2C)c1. The molecule has 0 unspecified atom stereocenters. The molecule has 2 aromatic rings. The summed E-state index contributed by atoms with van der Waals surface area (Å²) >= 11 is 0. The first-order chi connectivity index (χ1) is 11.2. The van der Waals surface area contributed by atoms with E-state index >= 15 is 0 Å². The molecule has 1 aliphatic rings. The van der Waals surface area contributed by atoms with Crippen molar-refractivity contribution in [3.63, 3.8) is 0 Å². The highest BCUT2D eigenvalue weighted by Gasteiger charge is 2.33. The van der Waals surface area contributed by atoms with E-state index in [-0.39, 0.29) is 5.91 Å². The van der Waals surface area contributed by atoms with E-state index in [1.54, 1.807) is 13.3 Å². The van der Waals surface area contributed by atoms with Crippen molar-refractivity contribution < 1.29 is 9.53 Å². The molecular formula is C18H17N3O2. The minimum absolute atomic E-state index is 0.0969. The molecule has 0 bridgehead atoms. The van der Waals surface area contributed by atoms with Crippen LogP contribution < -0.4 is 9.75 Å². The first-order valence-corrected chi connectivity index (χ1v) is 7.31. The lowest BCUT2D eigenvalue weighted by Crippen LogP contribution is -2.27. The van der Waals surface area contributed by atoms with Gasteiger partial charge in [-0.2, -0.15) is 10.1 Å². The maximum atomic E-state index is 12.6. The fraction of sp³-hybridized carbons (Fsp3) is 0.167. The number of amides is 1. The summed E-state index contributed by atoms with van der Waals surface area (Å²) < 4.78 is 5.17. The van der Waals surface area contributed by atoms with E-state index in [0.717, 1.165) is 22.8 Å². The van der Waals surface area contributed by atoms with Crippen molar-refractivity contribution in [1.29, 1.82) is 0 Å². The Bertz CT molecular complexity index is 769. The number of carbonyl (C=O) groups is 1. The van der Waals surface area contributed by atoms with Crippen LogP contribution in [0.3, 0.4) is 0 Å². The summed E-state index contributed by atoms with van der Waals surface area (Å²) in [4.78, 5) is 16.9. The van der Waals surface area contributed by atoms with Crippen LogP contribution in [-0.4, -0.2) is 24.9 Å². The number of para-hydroxylation sites is 1. The highest BCUT2D eigenvalue weighted by Crippen LogP contribution is 2.24. The van der Waals surface area contributed by atoms with Crippen molar-refractivity contribution in [2.75, 3.05) is 12.1 Å². The fourth-order valence-corrected chi connectivity index (χ4v) is 2.36. The van der Waals surface area contributed by atoms with Gasteiger partial charge in [0, 0.05) is 12.3 Å². The molecule has 116 valence electrons. The van der Waals surface area contributed by atoms with Gasteiger partial charge in [-0.05, 0) is 31.2 Å². The van der Waals surface area contributed by atoms with E-state index in [1.807, 2.05) is 61.5 Å². The van der Waals surface area contributed by atoms with Crippen LogP contribution >= 0.6 is 0 Å². The first-order valence-electron chi connectivity index (χ1n) is 7.31. The number of hydrazone groups is 1. The molecule has 0 aliphatic carbocycles. The third kappa shape index (κ3) is 3.13. The third-order valence-corrected chi connectivity index (χ3v) is 3.61. The Hall–Kier alpha value is -2.95. The molecule has 5 nitrogen and oxygen atoms in total. The van der Waals surface area contributed by atoms with Gasteiger partial charge in [-0.1, -0.05) is 24.3 Å². The van der Waals surface area contributed by atoms with Crippen LogP contribution in [0.2, 0.25) is 0 Å². The fourth-order valence-electron chi connectivity index (χ4n) is 2.36. The number of nitrogens with zero attached hydrogens (tertiary/aromatic N) is 3. The number of carbonyl (C=O) groups excluding carboxylic acids is 1. The predicted molar refractivity (Wildman–Crippen MR) is 91.7 cm³/mol. The lowest BCUT2D eigenvalue weighted by Gasteiger charge is -2.12. The summed E-state index contributed by atoms with van der Waals surface area (Å²) in [5.74, 6) is 0.190. The quantitative estimate of drug-likeness (QED) is 0.813. The van der Waals surface area contributed by atoms with Gasteiger partial charge >= 0.3 is 0 Å². The molecule has 0 fully saturated rings. The molecule has 1 aliphatic heterocycles. The molecule has 23 heavy (non-hydrogen) atoms. The van der Waals surface area contributed by atoms with Crippen molar-refractivity contribution in [2.24, 2.45) is 16.0 Å². The summed E-state index contributed by atoms with van der Waals surface area (Å²) in [6.07, 6.45) is 1.64. The second kappa shape index (κ2) is 6.44. The molecule has 0 aromatic heterocycles. The predicted octanol–water partition coefficient (Wildman–Crippen LogP) is 3.44. The summed E-state index contributed by atoms with van der Waals surface area (Å²) in [6.45, 7) is 1.84. The number of hydrogen-bond donors (Lipinski definition) is 0. The zero-order chi connectivity index (χ0) is 16.2. The van der Waals surface area contributed by atoms with Gasteiger partial charge in [-0.15, -0.1) is 0 Å². The molecule has 5 heteroatoms. The van der Waals surface area contributed by atoms with Crippen molar-refractivity contribution in [2.45, 2.75) is 6.92 Å². The van der Waals surface area contributed by atoms with Gasteiger partial charge in [0.1, 0.15) is 11.7 Å². The average Bonchev–Trinajstić information content (AvgIpc) is 2.88. The number of hydrogen-bond acceptors (Lipinski definition) is 4. The largest absolute Gasteiger partial charge is 0.497 e. The maximum absolute atomic E-state index is 12.6. The van der Waals surface area contributed by atoms with E-state index in [4.69, 9.17) is 4.74 Å². The number of ether oxygens (including phenoxy) is 1. The number of rotatable bonds is 4. The lowest BCUT2D eigenvalue weighted by molar-refractivity contribution is -0.118. The van der Waals surface area contributed by atoms with Crippen LogP contribution in [-0.2, 0) is 4.79 Å². The van der Waals surface area contributed by atoms with Crippen molar-refractivity contribution >= 4 is 29.2 Å². The van der Waals surface area contributed by atoms with Gasteiger partial charge in [0.2, 0.25) is 0 Å². The van der Waals surface area contributed by atoms with Crippen LogP contribution in [0.5, 0.6) is 5.75 Å². The molecule has 0 saturated carbocycles. The molecule has 1 atom stereocenters. The Morgan fingerprint density at radius 1 is 1.17 bits per heavy atom. The van der Waals surface area contributed by atoms with Crippen LogP contribution in [0.4, 0.5) is 11.4 Å². The zero-order valence-electron chi connectivity index (χ0n) is 13.0. The molecule has 2 aromatic carbocycles. The number of benzene rings is 2. The summed E-state index contributed by atoms with van der Waals surface area (Å²) in [7, 11) is 1.61. The molecule has 1 heterocycles. The van der Waals surface area contributed by atoms with Gasteiger partial charge in [-0.3, -0.25) is 9.79 Å².